The first kappa shape index (κ1) is 17.4. The zero-order valence-electron chi connectivity index (χ0n) is 14.4. The summed E-state index contributed by atoms with van der Waals surface area (Å²) in [5.41, 5.74) is 0.281. The van der Waals surface area contributed by atoms with Crippen molar-refractivity contribution < 1.29 is 14.3 Å². The molecule has 1 atom stereocenters. The molecule has 1 spiro atoms. The quantitative estimate of drug-likeness (QED) is 0.816. The number of carbonyl (C=O) groups is 2. The molecule has 2 amide bonds. The zero-order chi connectivity index (χ0) is 17.9. The lowest BCUT2D eigenvalue weighted by Gasteiger charge is -2.39. The third-order valence-corrected chi connectivity index (χ3v) is 5.16. The lowest BCUT2D eigenvalue weighted by molar-refractivity contribution is -0.146. The Kier molecular flexibility index (Phi) is 5.00. The summed E-state index contributed by atoms with van der Waals surface area (Å²) in [7, 11) is 1.63. The predicted octanol–water partition coefficient (Wildman–Crippen LogP) is 1.05. The summed E-state index contributed by atoms with van der Waals surface area (Å²) in [5, 5.41) is 8.80. The van der Waals surface area contributed by atoms with Gasteiger partial charge in [-0.2, -0.15) is 5.26 Å². The average molecular weight is 342 g/mol. The van der Waals surface area contributed by atoms with E-state index < -0.39 is 5.41 Å². The number of amides is 2. The Morgan fingerprint density at radius 2 is 2.24 bits per heavy atom. The summed E-state index contributed by atoms with van der Waals surface area (Å²) in [5.74, 6) is 0.0136. The number of ether oxygens (including phenoxy) is 1. The van der Waals surface area contributed by atoms with Gasteiger partial charge in [-0.05, 0) is 31.4 Å². The molecule has 3 rings (SSSR count). The minimum Gasteiger partial charge on any atom is -0.383 e. The minimum atomic E-state index is -0.457. The number of pyridine rings is 1. The van der Waals surface area contributed by atoms with Crippen LogP contribution < -0.4 is 0 Å². The van der Waals surface area contributed by atoms with E-state index in [0.717, 1.165) is 19.4 Å². The highest BCUT2D eigenvalue weighted by molar-refractivity contribution is 5.95. The Balaban J connectivity index is 1.70. The van der Waals surface area contributed by atoms with E-state index in [1.54, 1.807) is 18.1 Å². The van der Waals surface area contributed by atoms with Gasteiger partial charge in [0.25, 0.3) is 5.91 Å². The van der Waals surface area contributed by atoms with Crippen LogP contribution in [0.2, 0.25) is 0 Å². The summed E-state index contributed by atoms with van der Waals surface area (Å²) in [6.45, 7) is 2.92. The second kappa shape index (κ2) is 7.19. The van der Waals surface area contributed by atoms with Gasteiger partial charge in [-0.15, -0.1) is 0 Å². The van der Waals surface area contributed by atoms with E-state index in [-0.39, 0.29) is 17.5 Å². The number of carbonyl (C=O) groups excluding carboxylic acids is 2. The van der Waals surface area contributed by atoms with Crippen LogP contribution in [0.1, 0.15) is 35.3 Å². The van der Waals surface area contributed by atoms with Crippen LogP contribution in [0.3, 0.4) is 0 Å². The fraction of sp³-hybridized carbons (Fsp3) is 0.556. The third kappa shape index (κ3) is 3.35. The largest absolute Gasteiger partial charge is 0.383 e. The summed E-state index contributed by atoms with van der Waals surface area (Å²) in [6, 6.07) is 5.10. The van der Waals surface area contributed by atoms with E-state index in [4.69, 9.17) is 10.00 Å². The van der Waals surface area contributed by atoms with Crippen LogP contribution in [0.5, 0.6) is 0 Å². The highest BCUT2D eigenvalue weighted by atomic mass is 16.5. The molecule has 2 fully saturated rings. The molecule has 2 aliphatic heterocycles. The van der Waals surface area contributed by atoms with Crippen LogP contribution in [0, 0.1) is 16.7 Å². The molecule has 25 heavy (non-hydrogen) atoms. The smallest absolute Gasteiger partial charge is 0.255 e. The molecule has 3 heterocycles. The van der Waals surface area contributed by atoms with Crippen molar-refractivity contribution in [2.24, 2.45) is 5.41 Å². The lowest BCUT2D eigenvalue weighted by Crippen LogP contribution is -2.51. The van der Waals surface area contributed by atoms with Gasteiger partial charge in [0.05, 0.1) is 17.6 Å². The number of piperidine rings is 1. The molecule has 0 unspecified atom stereocenters. The number of aromatic nitrogens is 1. The maximum atomic E-state index is 12.9. The van der Waals surface area contributed by atoms with Crippen molar-refractivity contribution in [3.63, 3.8) is 0 Å². The van der Waals surface area contributed by atoms with Crippen molar-refractivity contribution in [1.82, 2.24) is 14.8 Å². The van der Waals surface area contributed by atoms with Crippen LogP contribution in [0.4, 0.5) is 0 Å². The number of likely N-dealkylation sites (tertiary alicyclic amines) is 2. The number of hydrogen-bond donors (Lipinski definition) is 0. The molecule has 0 bridgehead atoms. The lowest BCUT2D eigenvalue weighted by atomic mass is 9.78. The molecule has 1 aromatic rings. The summed E-state index contributed by atoms with van der Waals surface area (Å²) in [4.78, 5) is 33.2. The molecular formula is C18H22N4O3. The van der Waals surface area contributed by atoms with E-state index in [9.17, 15) is 9.59 Å². The van der Waals surface area contributed by atoms with Gasteiger partial charge < -0.3 is 14.5 Å². The number of nitrogens with zero attached hydrogens (tertiary/aromatic N) is 4. The van der Waals surface area contributed by atoms with Crippen LogP contribution in [-0.4, -0.2) is 66.5 Å². The predicted molar refractivity (Wildman–Crippen MR) is 89.6 cm³/mol. The Hall–Kier alpha value is -2.46. The van der Waals surface area contributed by atoms with Gasteiger partial charge in [0.15, 0.2) is 0 Å². The maximum absolute atomic E-state index is 12.9. The summed E-state index contributed by atoms with van der Waals surface area (Å²) >= 11 is 0. The maximum Gasteiger partial charge on any atom is 0.255 e. The number of hydrogen-bond acceptors (Lipinski definition) is 5. The monoisotopic (exact) mass is 342 g/mol. The zero-order valence-corrected chi connectivity index (χ0v) is 14.4. The van der Waals surface area contributed by atoms with Crippen molar-refractivity contribution in [2.75, 3.05) is 39.9 Å². The van der Waals surface area contributed by atoms with Crippen LogP contribution in [-0.2, 0) is 9.53 Å². The van der Waals surface area contributed by atoms with Gasteiger partial charge in [-0.1, -0.05) is 0 Å². The molecule has 7 nitrogen and oxygen atoms in total. The van der Waals surface area contributed by atoms with Crippen molar-refractivity contribution >= 4 is 11.8 Å². The van der Waals surface area contributed by atoms with E-state index in [2.05, 4.69) is 4.98 Å². The molecular weight excluding hydrogens is 320 g/mol. The van der Waals surface area contributed by atoms with Crippen LogP contribution in [0.15, 0.2) is 18.3 Å². The first-order valence-electron chi connectivity index (χ1n) is 8.53. The normalized spacial score (nSPS) is 23.1. The van der Waals surface area contributed by atoms with E-state index in [1.807, 2.05) is 11.0 Å². The number of methoxy groups -OCH3 is 1. The molecule has 132 valence electrons. The van der Waals surface area contributed by atoms with Gasteiger partial charge in [0, 0.05) is 39.5 Å². The minimum absolute atomic E-state index is 0.129. The molecule has 2 aliphatic rings. The second-order valence-electron chi connectivity index (χ2n) is 6.69. The summed E-state index contributed by atoms with van der Waals surface area (Å²) < 4.78 is 5.09. The van der Waals surface area contributed by atoms with Gasteiger partial charge >= 0.3 is 0 Å². The van der Waals surface area contributed by atoms with Gasteiger partial charge in [0.2, 0.25) is 5.91 Å². The Morgan fingerprint density at radius 1 is 1.40 bits per heavy atom. The van der Waals surface area contributed by atoms with Crippen LogP contribution in [0.25, 0.3) is 0 Å². The van der Waals surface area contributed by atoms with Gasteiger partial charge in [-0.25, -0.2) is 4.98 Å². The second-order valence-corrected chi connectivity index (χ2v) is 6.69. The van der Waals surface area contributed by atoms with E-state index in [0.29, 0.717) is 38.2 Å². The van der Waals surface area contributed by atoms with Crippen molar-refractivity contribution in [3.8, 4) is 6.07 Å². The Morgan fingerprint density at radius 3 is 2.92 bits per heavy atom. The van der Waals surface area contributed by atoms with E-state index >= 15 is 0 Å². The number of nitriles is 1. The third-order valence-electron chi connectivity index (χ3n) is 5.16. The Labute approximate surface area is 147 Å². The summed E-state index contributed by atoms with van der Waals surface area (Å²) in [6.07, 6.45) is 3.91. The van der Waals surface area contributed by atoms with Gasteiger partial charge in [0.1, 0.15) is 11.8 Å². The molecule has 0 aliphatic carbocycles. The average Bonchev–Trinajstić information content (AvgIpc) is 3.07. The van der Waals surface area contributed by atoms with Crippen molar-refractivity contribution in [3.05, 3.63) is 29.6 Å². The van der Waals surface area contributed by atoms with Gasteiger partial charge in [-0.3, -0.25) is 9.59 Å². The number of rotatable bonds is 4. The van der Waals surface area contributed by atoms with Crippen molar-refractivity contribution in [1.29, 1.82) is 5.26 Å². The van der Waals surface area contributed by atoms with Crippen molar-refractivity contribution in [2.45, 2.75) is 19.3 Å². The SMILES string of the molecule is COCCN1CCC[C@]2(CCN(C(=O)c3ccc(C#N)nc3)C2)C1=O. The molecule has 2 saturated heterocycles. The fourth-order valence-electron chi connectivity index (χ4n) is 3.76. The standard InChI is InChI=1S/C18H22N4O3/c1-25-10-9-21-7-2-5-18(17(21)24)6-8-22(13-18)16(23)14-3-4-15(11-19)20-12-14/h3-4,12H,2,5-10,13H2,1H3/t18-/m1/s1. The topological polar surface area (TPSA) is 86.5 Å². The Bertz CT molecular complexity index is 697. The molecule has 7 heteroatoms. The van der Waals surface area contributed by atoms with E-state index in [1.165, 1.54) is 12.3 Å². The fourth-order valence-corrected chi connectivity index (χ4v) is 3.76. The molecule has 1 aromatic heterocycles. The molecule has 0 radical (unpaired) electrons. The highest BCUT2D eigenvalue weighted by Gasteiger charge is 2.49. The molecule has 0 N–H and O–H groups in total. The first-order chi connectivity index (χ1) is 12.1. The molecule has 0 aromatic carbocycles. The highest BCUT2D eigenvalue weighted by Crippen LogP contribution is 2.40. The first-order valence-corrected chi connectivity index (χ1v) is 8.53. The molecule has 0 saturated carbocycles. The van der Waals surface area contributed by atoms with Crippen LogP contribution >= 0.6 is 0 Å².